The van der Waals surface area contributed by atoms with Gasteiger partial charge in [-0.15, -0.1) is 0 Å². The molecule has 0 bridgehead atoms. The van der Waals surface area contributed by atoms with Gasteiger partial charge in [0.15, 0.2) is 31.1 Å². The van der Waals surface area contributed by atoms with E-state index in [1.807, 2.05) is 0 Å². The van der Waals surface area contributed by atoms with Crippen LogP contribution in [0.2, 0.25) is 0 Å². The lowest BCUT2D eigenvalue weighted by Crippen LogP contribution is -2.71. The van der Waals surface area contributed by atoms with Crippen molar-refractivity contribution in [3.05, 3.63) is 0 Å². The number of carbonyl (C=O) groups excluding carboxylic acids is 3. The molecule has 3 fully saturated rings. The molecule has 0 spiro atoms. The van der Waals surface area contributed by atoms with Crippen LogP contribution in [0.1, 0.15) is 34.6 Å². The number of rotatable bonds is 16. The molecule has 0 radical (unpaired) electrons. The van der Waals surface area contributed by atoms with E-state index >= 15 is 0 Å². The molecule has 53 heavy (non-hydrogen) atoms. The van der Waals surface area contributed by atoms with E-state index in [0.29, 0.717) is 0 Å². The number of nitrogens with one attached hydrogen (secondary N) is 3. The molecule has 0 aromatic carbocycles. The molecule has 23 heteroatoms. The Kier molecular flexibility index (Phi) is 16.2. The molecule has 0 aromatic heterocycles. The van der Waals surface area contributed by atoms with Gasteiger partial charge < -0.3 is 90.0 Å². The first kappa shape index (κ1) is 44.2. The van der Waals surface area contributed by atoms with Gasteiger partial charge in [0.05, 0.1) is 19.8 Å². The van der Waals surface area contributed by atoms with E-state index in [4.69, 9.17) is 33.2 Å². The molecule has 0 aliphatic carbocycles. The Morgan fingerprint density at radius 1 is 0.566 bits per heavy atom. The van der Waals surface area contributed by atoms with E-state index in [0.717, 1.165) is 34.6 Å². The van der Waals surface area contributed by atoms with E-state index in [2.05, 4.69) is 16.0 Å². The van der Waals surface area contributed by atoms with Crippen molar-refractivity contribution in [2.45, 2.75) is 139 Å². The van der Waals surface area contributed by atoms with E-state index < -0.39 is 154 Å². The summed E-state index contributed by atoms with van der Waals surface area (Å²) in [5, 5.41) is 90.0. The second-order valence-electron chi connectivity index (χ2n) is 12.7. The number of hydrogen-bond acceptors (Lipinski definition) is 18. The Morgan fingerprint density at radius 3 is 1.47 bits per heavy atom. The van der Waals surface area contributed by atoms with Crippen molar-refractivity contribution in [1.82, 2.24) is 16.0 Å². The first-order valence-corrected chi connectivity index (χ1v) is 16.6. The highest BCUT2D eigenvalue weighted by Crippen LogP contribution is 2.34. The fourth-order valence-electron chi connectivity index (χ4n) is 6.15. The van der Waals surface area contributed by atoms with Crippen molar-refractivity contribution in [1.29, 1.82) is 0 Å². The van der Waals surface area contributed by atoms with Crippen LogP contribution in [0.25, 0.3) is 0 Å². The van der Waals surface area contributed by atoms with Crippen LogP contribution in [-0.4, -0.2) is 194 Å². The number of carboxylic acid groups (broad SMARTS) is 2. The lowest BCUT2D eigenvalue weighted by atomic mass is 9.93. The van der Waals surface area contributed by atoms with E-state index in [9.17, 15) is 64.8 Å². The Morgan fingerprint density at radius 2 is 0.981 bits per heavy atom. The van der Waals surface area contributed by atoms with Gasteiger partial charge in [-0.25, -0.2) is 9.59 Å². The van der Waals surface area contributed by atoms with Crippen LogP contribution < -0.4 is 16.0 Å². The zero-order valence-electron chi connectivity index (χ0n) is 29.4. The lowest BCUT2D eigenvalue weighted by Gasteiger charge is -2.50. The summed E-state index contributed by atoms with van der Waals surface area (Å²) >= 11 is 0. The largest absolute Gasteiger partial charge is 0.479 e. The number of ether oxygens (including phenoxy) is 7. The number of carbonyl (C=O) groups is 5. The first-order chi connectivity index (χ1) is 24.8. The first-order valence-electron chi connectivity index (χ1n) is 16.6. The summed E-state index contributed by atoms with van der Waals surface area (Å²) in [7, 11) is 0. The maximum atomic E-state index is 12.4. The van der Waals surface area contributed by atoms with E-state index in [1.165, 1.54) is 0 Å². The summed E-state index contributed by atoms with van der Waals surface area (Å²) in [6.07, 6.45) is -23.1. The van der Waals surface area contributed by atoms with Gasteiger partial charge >= 0.3 is 11.9 Å². The maximum absolute atomic E-state index is 12.4. The van der Waals surface area contributed by atoms with E-state index in [1.54, 1.807) is 0 Å². The molecule has 3 rings (SSSR count). The van der Waals surface area contributed by atoms with Crippen molar-refractivity contribution in [3.63, 3.8) is 0 Å². The number of aliphatic carboxylic acids is 2. The molecule has 3 aliphatic heterocycles. The minimum absolute atomic E-state index is 0.695. The van der Waals surface area contributed by atoms with Gasteiger partial charge in [-0.3, -0.25) is 14.4 Å². The third-order valence-corrected chi connectivity index (χ3v) is 8.66. The zero-order valence-corrected chi connectivity index (χ0v) is 29.4. The smallest absolute Gasteiger partial charge is 0.332 e. The summed E-state index contributed by atoms with van der Waals surface area (Å²) in [6, 6.07) is -4.60. The third kappa shape index (κ3) is 11.0. The van der Waals surface area contributed by atoms with Gasteiger partial charge in [-0.2, -0.15) is 0 Å². The predicted molar refractivity (Wildman–Crippen MR) is 168 cm³/mol. The van der Waals surface area contributed by atoms with Crippen LogP contribution in [0.5, 0.6) is 0 Å². The molecule has 17 atom stereocenters. The Bertz CT molecular complexity index is 1280. The minimum atomic E-state index is -1.90. The normalized spacial score (nSPS) is 38.6. The van der Waals surface area contributed by atoms with Gasteiger partial charge in [0.1, 0.15) is 73.1 Å². The lowest BCUT2D eigenvalue weighted by molar-refractivity contribution is -0.355. The van der Waals surface area contributed by atoms with Gasteiger partial charge in [-0.1, -0.05) is 0 Å². The fraction of sp³-hybridized carbons (Fsp3) is 0.833. The Balaban J connectivity index is 2.02. The molecule has 3 amide bonds. The van der Waals surface area contributed by atoms with Crippen LogP contribution in [0.4, 0.5) is 0 Å². The molecular weight excluding hydrogens is 722 g/mol. The molecule has 0 unspecified atom stereocenters. The van der Waals surface area contributed by atoms with Crippen LogP contribution in [0.15, 0.2) is 0 Å². The SMILES string of the molecule is CC(=O)N[C@@H]1[C@@H](O[C@H](C)C(=O)O)[C@H](O[C@@H]2O[C@H](CO)[C@@H](O[C@@H]3O[C@H](CO)[C@@H](O)[C@H](O[C@H](C)C(=O)O)[C@H]3NC(C)=O)[C@H](O)[C@H]2NC(C)=O)[C@@H](CO)O[C@H]1O. The predicted octanol–water partition coefficient (Wildman–Crippen LogP) is -6.15. The highest BCUT2D eigenvalue weighted by molar-refractivity contribution is 5.74. The topological polar surface area (TPSA) is 348 Å². The monoisotopic (exact) mass is 771 g/mol. The van der Waals surface area contributed by atoms with Gasteiger partial charge in [0.25, 0.3) is 0 Å². The molecule has 0 aromatic rings. The molecule has 11 N–H and O–H groups in total. The van der Waals surface area contributed by atoms with Crippen molar-refractivity contribution < 1.29 is 98.0 Å². The number of aliphatic hydroxyl groups is 6. The Hall–Kier alpha value is -3.17. The van der Waals surface area contributed by atoms with Gasteiger partial charge in [0, 0.05) is 20.8 Å². The number of amides is 3. The highest BCUT2D eigenvalue weighted by atomic mass is 16.7. The fourth-order valence-corrected chi connectivity index (χ4v) is 6.15. The summed E-state index contributed by atoms with van der Waals surface area (Å²) in [5.74, 6) is -5.05. The highest BCUT2D eigenvalue weighted by Gasteiger charge is 2.55. The summed E-state index contributed by atoms with van der Waals surface area (Å²) < 4.78 is 40.4. The van der Waals surface area contributed by atoms with Crippen LogP contribution >= 0.6 is 0 Å². The molecule has 3 saturated heterocycles. The van der Waals surface area contributed by atoms with E-state index in [-0.39, 0.29) is 0 Å². The second-order valence-corrected chi connectivity index (χ2v) is 12.7. The van der Waals surface area contributed by atoms with Gasteiger partial charge in [0.2, 0.25) is 17.7 Å². The van der Waals surface area contributed by atoms with Gasteiger partial charge in [-0.05, 0) is 13.8 Å². The Labute approximate surface area is 302 Å². The number of aliphatic hydroxyl groups excluding tert-OH is 6. The molecule has 3 aliphatic rings. The maximum Gasteiger partial charge on any atom is 0.332 e. The standard InChI is InChI=1S/C30H49N3O20/c1-9(26(42)43)47-24-19(33-13(5)39)30(50-14(6-34)20(24)40)52-22-15(7-35)51-29(17(21(22)41)31-11(3)37)53-23-16(8-36)49-28(46)18(32-12(4)38)25(23)48-10(2)27(44)45/h9-10,14-25,28-30,34-36,40-41,46H,6-8H2,1-5H3,(H,31,37)(H,32,38)(H,33,39)(H,42,43)(H,44,45)/t9-,10-,14-,15-,16-,17-,18-,19-,20-,21-,22-,23-,24-,25-,28-,29+,30+/m1/s1. The summed E-state index contributed by atoms with van der Waals surface area (Å²) in [6.45, 7) is 2.89. The average Bonchev–Trinajstić information content (AvgIpc) is 3.07. The molecule has 23 nitrogen and oxygen atoms in total. The van der Waals surface area contributed by atoms with Crippen LogP contribution in [-0.2, 0) is 57.1 Å². The van der Waals surface area contributed by atoms with Crippen molar-refractivity contribution >= 4 is 29.7 Å². The van der Waals surface area contributed by atoms with Crippen molar-refractivity contribution in [2.75, 3.05) is 19.8 Å². The molecule has 0 saturated carbocycles. The number of carboxylic acids is 2. The third-order valence-electron chi connectivity index (χ3n) is 8.66. The zero-order chi connectivity index (χ0) is 39.9. The minimum Gasteiger partial charge on any atom is -0.479 e. The molecule has 3 heterocycles. The summed E-state index contributed by atoms with van der Waals surface area (Å²) in [4.78, 5) is 60.0. The number of hydrogen-bond donors (Lipinski definition) is 11. The molecular formula is C30H49N3O20. The van der Waals surface area contributed by atoms with Crippen molar-refractivity contribution in [2.24, 2.45) is 0 Å². The summed E-state index contributed by atoms with van der Waals surface area (Å²) in [5.41, 5.74) is 0. The second kappa shape index (κ2) is 19.4. The van der Waals surface area contributed by atoms with Crippen LogP contribution in [0, 0.1) is 0 Å². The van der Waals surface area contributed by atoms with Crippen molar-refractivity contribution in [3.8, 4) is 0 Å². The van der Waals surface area contributed by atoms with Crippen LogP contribution in [0.3, 0.4) is 0 Å². The molecule has 304 valence electrons. The average molecular weight is 772 g/mol. The quantitative estimate of drug-likeness (QED) is 0.0695.